The minimum atomic E-state index is 0.0740. The Hall–Kier alpha value is -0.760. The monoisotopic (exact) mass is 195 g/mol. The van der Waals surface area contributed by atoms with Crippen molar-refractivity contribution >= 4 is 0 Å². The molecule has 0 spiro atoms. The highest BCUT2D eigenvalue weighted by atomic mass is 16.3. The molecule has 0 aliphatic heterocycles. The van der Waals surface area contributed by atoms with Crippen LogP contribution >= 0.6 is 0 Å². The number of furan rings is 1. The SMILES string of the molecule is CCCC(CCC)C(N)c1ccco1. The van der Waals surface area contributed by atoms with Crippen LogP contribution in [0.15, 0.2) is 22.8 Å². The fourth-order valence-corrected chi connectivity index (χ4v) is 1.96. The molecule has 80 valence electrons. The first-order valence-corrected chi connectivity index (χ1v) is 5.58. The van der Waals surface area contributed by atoms with Gasteiger partial charge in [-0.25, -0.2) is 0 Å². The number of rotatable bonds is 6. The molecule has 0 radical (unpaired) electrons. The van der Waals surface area contributed by atoms with Gasteiger partial charge in [0.25, 0.3) is 0 Å². The first kappa shape index (κ1) is 11.3. The van der Waals surface area contributed by atoms with Gasteiger partial charge in [0, 0.05) is 0 Å². The van der Waals surface area contributed by atoms with Crippen LogP contribution in [0.25, 0.3) is 0 Å². The molecule has 1 aromatic heterocycles. The van der Waals surface area contributed by atoms with Crippen LogP contribution in [0, 0.1) is 5.92 Å². The van der Waals surface area contributed by atoms with Gasteiger partial charge in [-0.1, -0.05) is 26.7 Å². The molecular formula is C12H21NO. The third kappa shape index (κ3) is 2.88. The molecule has 2 heteroatoms. The summed E-state index contributed by atoms with van der Waals surface area (Å²) in [5, 5.41) is 0. The molecule has 0 saturated carbocycles. The molecule has 1 unspecified atom stereocenters. The molecule has 0 fully saturated rings. The Morgan fingerprint density at radius 3 is 2.36 bits per heavy atom. The van der Waals surface area contributed by atoms with Crippen molar-refractivity contribution in [3.63, 3.8) is 0 Å². The molecule has 0 bridgehead atoms. The van der Waals surface area contributed by atoms with E-state index in [4.69, 9.17) is 10.2 Å². The van der Waals surface area contributed by atoms with Crippen LogP contribution in [0.3, 0.4) is 0 Å². The van der Waals surface area contributed by atoms with E-state index >= 15 is 0 Å². The Morgan fingerprint density at radius 2 is 1.93 bits per heavy atom. The molecule has 1 heterocycles. The van der Waals surface area contributed by atoms with E-state index in [2.05, 4.69) is 13.8 Å². The van der Waals surface area contributed by atoms with E-state index in [-0.39, 0.29) is 6.04 Å². The zero-order valence-corrected chi connectivity index (χ0v) is 9.20. The van der Waals surface area contributed by atoms with Gasteiger partial charge in [0.15, 0.2) is 0 Å². The Bertz CT molecular complexity index is 224. The van der Waals surface area contributed by atoms with Crippen molar-refractivity contribution in [2.45, 2.75) is 45.6 Å². The van der Waals surface area contributed by atoms with Crippen LogP contribution in [-0.4, -0.2) is 0 Å². The van der Waals surface area contributed by atoms with Crippen molar-refractivity contribution in [3.8, 4) is 0 Å². The zero-order chi connectivity index (χ0) is 10.4. The maximum absolute atomic E-state index is 6.16. The van der Waals surface area contributed by atoms with Crippen LogP contribution in [0.5, 0.6) is 0 Å². The average Bonchev–Trinajstić information content (AvgIpc) is 2.69. The van der Waals surface area contributed by atoms with Crippen molar-refractivity contribution in [2.75, 3.05) is 0 Å². The van der Waals surface area contributed by atoms with E-state index < -0.39 is 0 Å². The molecular weight excluding hydrogens is 174 g/mol. The van der Waals surface area contributed by atoms with Crippen molar-refractivity contribution in [1.82, 2.24) is 0 Å². The zero-order valence-electron chi connectivity index (χ0n) is 9.20. The van der Waals surface area contributed by atoms with Gasteiger partial charge < -0.3 is 10.2 Å². The minimum absolute atomic E-state index is 0.0740. The van der Waals surface area contributed by atoms with Crippen LogP contribution in [0.4, 0.5) is 0 Å². The van der Waals surface area contributed by atoms with E-state index in [0.29, 0.717) is 5.92 Å². The van der Waals surface area contributed by atoms with E-state index in [1.54, 1.807) is 6.26 Å². The maximum Gasteiger partial charge on any atom is 0.120 e. The second-order valence-corrected chi connectivity index (χ2v) is 3.88. The molecule has 1 rings (SSSR count). The van der Waals surface area contributed by atoms with E-state index in [1.807, 2.05) is 12.1 Å². The van der Waals surface area contributed by atoms with Crippen molar-refractivity contribution in [1.29, 1.82) is 0 Å². The van der Waals surface area contributed by atoms with Gasteiger partial charge in [-0.3, -0.25) is 0 Å². The predicted octanol–water partition coefficient (Wildman–Crippen LogP) is 3.50. The highest BCUT2D eigenvalue weighted by Gasteiger charge is 2.19. The van der Waals surface area contributed by atoms with Crippen molar-refractivity contribution in [2.24, 2.45) is 11.7 Å². The molecule has 0 aliphatic carbocycles. The third-order valence-electron chi connectivity index (χ3n) is 2.70. The molecule has 2 N–H and O–H groups in total. The molecule has 0 aromatic carbocycles. The molecule has 0 aliphatic rings. The highest BCUT2D eigenvalue weighted by Crippen LogP contribution is 2.27. The summed E-state index contributed by atoms with van der Waals surface area (Å²) in [4.78, 5) is 0. The second kappa shape index (κ2) is 5.86. The topological polar surface area (TPSA) is 39.2 Å². The summed E-state index contributed by atoms with van der Waals surface area (Å²) in [7, 11) is 0. The largest absolute Gasteiger partial charge is 0.468 e. The van der Waals surface area contributed by atoms with E-state index in [9.17, 15) is 0 Å². The normalized spacial score (nSPS) is 13.4. The Labute approximate surface area is 86.5 Å². The summed E-state index contributed by atoms with van der Waals surface area (Å²) in [6, 6.07) is 3.96. The summed E-state index contributed by atoms with van der Waals surface area (Å²) in [5.41, 5.74) is 6.16. The van der Waals surface area contributed by atoms with E-state index in [0.717, 1.165) is 5.76 Å². The third-order valence-corrected chi connectivity index (χ3v) is 2.70. The summed E-state index contributed by atoms with van der Waals surface area (Å²) >= 11 is 0. The van der Waals surface area contributed by atoms with Crippen LogP contribution in [0.2, 0.25) is 0 Å². The van der Waals surface area contributed by atoms with Gasteiger partial charge in [-0.2, -0.15) is 0 Å². The smallest absolute Gasteiger partial charge is 0.120 e. The quantitative estimate of drug-likeness (QED) is 0.754. The number of nitrogens with two attached hydrogens (primary N) is 1. The second-order valence-electron chi connectivity index (χ2n) is 3.88. The van der Waals surface area contributed by atoms with Gasteiger partial charge in [0.1, 0.15) is 5.76 Å². The number of hydrogen-bond donors (Lipinski definition) is 1. The standard InChI is InChI=1S/C12H21NO/c1-3-6-10(7-4-2)12(13)11-8-5-9-14-11/h5,8-10,12H,3-4,6-7,13H2,1-2H3. The van der Waals surface area contributed by atoms with Crippen molar-refractivity contribution in [3.05, 3.63) is 24.2 Å². The summed E-state index contributed by atoms with van der Waals surface area (Å²) in [6.45, 7) is 4.41. The Morgan fingerprint density at radius 1 is 1.29 bits per heavy atom. The average molecular weight is 195 g/mol. The molecule has 1 aromatic rings. The van der Waals surface area contributed by atoms with Gasteiger partial charge in [0.05, 0.1) is 12.3 Å². The first-order chi connectivity index (χ1) is 6.79. The summed E-state index contributed by atoms with van der Waals surface area (Å²) in [6.07, 6.45) is 6.47. The lowest BCUT2D eigenvalue weighted by molar-refractivity contribution is 0.324. The molecule has 1 atom stereocenters. The lowest BCUT2D eigenvalue weighted by Crippen LogP contribution is -2.20. The highest BCUT2D eigenvalue weighted by molar-refractivity contribution is 5.04. The molecule has 0 saturated heterocycles. The lowest BCUT2D eigenvalue weighted by Gasteiger charge is -2.21. The summed E-state index contributed by atoms with van der Waals surface area (Å²) < 4.78 is 5.34. The maximum atomic E-state index is 6.16. The van der Waals surface area contributed by atoms with Gasteiger partial charge in [-0.05, 0) is 30.9 Å². The van der Waals surface area contributed by atoms with Gasteiger partial charge >= 0.3 is 0 Å². The van der Waals surface area contributed by atoms with Crippen LogP contribution < -0.4 is 5.73 Å². The van der Waals surface area contributed by atoms with Gasteiger partial charge in [0.2, 0.25) is 0 Å². The predicted molar refractivity (Wildman–Crippen MR) is 58.9 cm³/mol. The Balaban J connectivity index is 2.58. The van der Waals surface area contributed by atoms with Crippen LogP contribution in [-0.2, 0) is 0 Å². The minimum Gasteiger partial charge on any atom is -0.468 e. The first-order valence-electron chi connectivity index (χ1n) is 5.58. The molecule has 2 nitrogen and oxygen atoms in total. The fraction of sp³-hybridized carbons (Fsp3) is 0.667. The Kier molecular flexibility index (Phi) is 4.74. The molecule has 0 amide bonds. The van der Waals surface area contributed by atoms with Crippen molar-refractivity contribution < 1.29 is 4.42 Å². The number of hydrogen-bond acceptors (Lipinski definition) is 2. The lowest BCUT2D eigenvalue weighted by atomic mass is 9.90. The van der Waals surface area contributed by atoms with Gasteiger partial charge in [-0.15, -0.1) is 0 Å². The molecule has 14 heavy (non-hydrogen) atoms. The summed E-state index contributed by atoms with van der Waals surface area (Å²) in [5.74, 6) is 1.49. The fourth-order valence-electron chi connectivity index (χ4n) is 1.96. The van der Waals surface area contributed by atoms with Crippen LogP contribution in [0.1, 0.15) is 51.3 Å². The van der Waals surface area contributed by atoms with E-state index in [1.165, 1.54) is 25.7 Å².